The standard InChI is InChI=1S/C50H48N6O12/c51-49(52)55-39-15-11-35(12-16-39)47(59)67-43-27-37(45(57)65-31-33-7-3-1-4-8-33)25-41(29-43)63-23-21-61-19-20-62-22-24-64-42-26-38(46(58)66-32-34-9-5-2-6-10-34)28-44(30-42)68-48(60)36-13-17-40(18-14-36)56-50(53)54/h1-18,25-30H,19-24,31-32H2,(H4,51,52,55)(H4,53,54,56). The predicted octanol–water partition coefficient (Wildman–Crippen LogP) is 6.14. The maximum atomic E-state index is 13.1. The molecule has 6 aromatic carbocycles. The van der Waals surface area contributed by atoms with E-state index in [2.05, 4.69) is 9.98 Å². The van der Waals surface area contributed by atoms with Crippen molar-refractivity contribution in [3.63, 3.8) is 0 Å². The number of guanidine groups is 2. The average molecular weight is 925 g/mol. The fraction of sp³-hybridized carbons (Fsp3) is 0.160. The second kappa shape index (κ2) is 25.1. The fourth-order valence-electron chi connectivity index (χ4n) is 6.01. The Labute approximate surface area is 391 Å². The quantitative estimate of drug-likeness (QED) is 0.0185. The summed E-state index contributed by atoms with van der Waals surface area (Å²) in [6.45, 7) is 0.914. The highest BCUT2D eigenvalue weighted by Gasteiger charge is 2.18. The number of hydrogen-bond donors (Lipinski definition) is 4. The molecular weight excluding hydrogens is 877 g/mol. The van der Waals surface area contributed by atoms with E-state index in [1.165, 1.54) is 60.7 Å². The summed E-state index contributed by atoms with van der Waals surface area (Å²) < 4.78 is 45.3. The van der Waals surface area contributed by atoms with E-state index in [1.807, 2.05) is 60.7 Å². The molecule has 0 atom stereocenters. The number of carbonyl (C=O) groups is 4. The number of aliphatic imine (C=N–C) groups is 2. The summed E-state index contributed by atoms with van der Waals surface area (Å²) in [5, 5.41) is 0. The van der Waals surface area contributed by atoms with Crippen molar-refractivity contribution in [2.24, 2.45) is 32.9 Å². The van der Waals surface area contributed by atoms with Gasteiger partial charge in [0.25, 0.3) is 0 Å². The van der Waals surface area contributed by atoms with Crippen molar-refractivity contribution in [3.8, 4) is 23.0 Å². The number of ether oxygens (including phenoxy) is 8. The Balaban J connectivity index is 0.984. The van der Waals surface area contributed by atoms with Gasteiger partial charge in [-0.3, -0.25) is 0 Å². The number of benzene rings is 6. The lowest BCUT2D eigenvalue weighted by Crippen LogP contribution is -2.21. The summed E-state index contributed by atoms with van der Waals surface area (Å²) in [6, 6.07) is 39.2. The van der Waals surface area contributed by atoms with E-state index in [1.54, 1.807) is 24.3 Å². The summed E-state index contributed by atoms with van der Waals surface area (Å²) in [5.41, 5.74) is 24.8. The van der Waals surface area contributed by atoms with Gasteiger partial charge >= 0.3 is 23.9 Å². The zero-order chi connectivity index (χ0) is 48.1. The second-order valence-electron chi connectivity index (χ2n) is 14.4. The summed E-state index contributed by atoms with van der Waals surface area (Å²) in [5.74, 6) is -2.41. The van der Waals surface area contributed by atoms with Gasteiger partial charge < -0.3 is 60.8 Å². The number of rotatable bonds is 23. The van der Waals surface area contributed by atoms with Crippen LogP contribution in [0.3, 0.4) is 0 Å². The van der Waals surface area contributed by atoms with E-state index in [4.69, 9.17) is 60.8 Å². The largest absolute Gasteiger partial charge is 0.491 e. The first kappa shape index (κ1) is 48.7. The van der Waals surface area contributed by atoms with Crippen LogP contribution in [-0.2, 0) is 32.2 Å². The van der Waals surface area contributed by atoms with Crippen LogP contribution in [0.25, 0.3) is 0 Å². The molecular formula is C50H48N6O12. The molecule has 68 heavy (non-hydrogen) atoms. The molecule has 0 amide bonds. The highest BCUT2D eigenvalue weighted by Crippen LogP contribution is 2.27. The molecule has 0 aliphatic heterocycles. The van der Waals surface area contributed by atoms with Crippen molar-refractivity contribution in [3.05, 3.63) is 179 Å². The van der Waals surface area contributed by atoms with Crippen LogP contribution >= 0.6 is 0 Å². The van der Waals surface area contributed by atoms with Crippen molar-refractivity contribution < 1.29 is 57.1 Å². The average Bonchev–Trinajstić information content (AvgIpc) is 3.33. The molecule has 0 radical (unpaired) electrons. The van der Waals surface area contributed by atoms with Crippen molar-refractivity contribution >= 4 is 47.2 Å². The minimum Gasteiger partial charge on any atom is -0.491 e. The molecule has 0 unspecified atom stereocenters. The van der Waals surface area contributed by atoms with E-state index >= 15 is 0 Å². The van der Waals surface area contributed by atoms with Crippen LogP contribution in [-0.4, -0.2) is 75.4 Å². The molecule has 0 aliphatic carbocycles. The minimum absolute atomic E-state index is 0.0299. The molecule has 0 saturated carbocycles. The van der Waals surface area contributed by atoms with E-state index < -0.39 is 23.9 Å². The van der Waals surface area contributed by atoms with Gasteiger partial charge in [0.05, 0.1) is 60.1 Å². The number of esters is 4. The lowest BCUT2D eigenvalue weighted by atomic mass is 10.2. The Hall–Kier alpha value is -8.74. The number of carbonyl (C=O) groups excluding carboxylic acids is 4. The number of nitrogens with two attached hydrogens (primary N) is 4. The van der Waals surface area contributed by atoms with Crippen molar-refractivity contribution in [2.45, 2.75) is 13.2 Å². The Morgan fingerprint density at radius 2 is 0.735 bits per heavy atom. The van der Waals surface area contributed by atoms with Gasteiger partial charge in [0.1, 0.15) is 49.4 Å². The smallest absolute Gasteiger partial charge is 0.343 e. The first-order chi connectivity index (χ1) is 33.0. The SMILES string of the molecule is NC(N)=Nc1ccc(C(=O)Oc2cc(OCCOCCOCCOc3cc(OC(=O)c4ccc(N=C(N)N)cc4)cc(C(=O)OCc4ccccc4)c3)cc(C(=O)OCc3ccccc3)c2)cc1. The van der Waals surface area contributed by atoms with Gasteiger partial charge in [0.15, 0.2) is 11.9 Å². The first-order valence-electron chi connectivity index (χ1n) is 20.9. The topological polar surface area (TPSA) is 271 Å². The number of hydrogen-bond acceptors (Lipinski definition) is 14. The van der Waals surface area contributed by atoms with Gasteiger partial charge in [-0.05, 0) is 83.9 Å². The van der Waals surface area contributed by atoms with Gasteiger partial charge in [-0.25, -0.2) is 29.2 Å². The summed E-state index contributed by atoms with van der Waals surface area (Å²) in [6.07, 6.45) is 0. The summed E-state index contributed by atoms with van der Waals surface area (Å²) >= 11 is 0. The zero-order valence-electron chi connectivity index (χ0n) is 36.6. The molecule has 350 valence electrons. The predicted molar refractivity (Wildman–Crippen MR) is 250 cm³/mol. The molecule has 18 nitrogen and oxygen atoms in total. The number of nitrogens with zero attached hydrogens (tertiary/aromatic N) is 2. The Morgan fingerprint density at radius 1 is 0.382 bits per heavy atom. The van der Waals surface area contributed by atoms with E-state index in [9.17, 15) is 19.2 Å². The molecule has 0 heterocycles. The molecule has 0 aromatic heterocycles. The highest BCUT2D eigenvalue weighted by molar-refractivity contribution is 5.94. The molecule has 6 aromatic rings. The fourth-order valence-corrected chi connectivity index (χ4v) is 6.01. The van der Waals surface area contributed by atoms with Crippen LogP contribution in [0, 0.1) is 0 Å². The first-order valence-corrected chi connectivity index (χ1v) is 20.9. The molecule has 18 heteroatoms. The van der Waals surface area contributed by atoms with Gasteiger partial charge in [-0.2, -0.15) is 0 Å². The van der Waals surface area contributed by atoms with E-state index in [0.29, 0.717) is 11.4 Å². The Morgan fingerprint density at radius 3 is 1.10 bits per heavy atom. The Kier molecular flexibility index (Phi) is 18.0. The molecule has 0 aliphatic rings. The zero-order valence-corrected chi connectivity index (χ0v) is 36.6. The van der Waals surface area contributed by atoms with Crippen LogP contribution in [0.1, 0.15) is 52.6 Å². The molecule has 0 spiro atoms. The van der Waals surface area contributed by atoms with E-state index in [0.717, 1.165) is 11.1 Å². The highest BCUT2D eigenvalue weighted by atomic mass is 16.6. The maximum Gasteiger partial charge on any atom is 0.343 e. The summed E-state index contributed by atoms with van der Waals surface area (Å²) in [7, 11) is 0. The normalized spacial score (nSPS) is 10.5. The second-order valence-corrected chi connectivity index (χ2v) is 14.4. The third-order valence-electron chi connectivity index (χ3n) is 9.17. The molecule has 0 saturated heterocycles. The third-order valence-corrected chi connectivity index (χ3v) is 9.17. The van der Waals surface area contributed by atoms with E-state index in [-0.39, 0.29) is 110 Å². The van der Waals surface area contributed by atoms with Gasteiger partial charge in [-0.1, -0.05) is 60.7 Å². The molecule has 8 N–H and O–H groups in total. The van der Waals surface area contributed by atoms with Crippen LogP contribution in [0.5, 0.6) is 23.0 Å². The minimum atomic E-state index is -0.695. The van der Waals surface area contributed by atoms with Gasteiger partial charge in [0, 0.05) is 12.1 Å². The van der Waals surface area contributed by atoms with Crippen molar-refractivity contribution in [2.75, 3.05) is 39.6 Å². The summed E-state index contributed by atoms with van der Waals surface area (Å²) in [4.78, 5) is 60.2. The van der Waals surface area contributed by atoms with Gasteiger partial charge in [0.2, 0.25) is 0 Å². The van der Waals surface area contributed by atoms with Gasteiger partial charge in [-0.15, -0.1) is 0 Å². The Bertz CT molecular complexity index is 2500. The maximum absolute atomic E-state index is 13.1. The molecule has 0 fully saturated rings. The van der Waals surface area contributed by atoms with Crippen LogP contribution in [0.15, 0.2) is 156 Å². The van der Waals surface area contributed by atoms with Crippen LogP contribution in [0.4, 0.5) is 11.4 Å². The molecule has 6 rings (SSSR count). The lowest BCUT2D eigenvalue weighted by molar-refractivity contribution is 0.0272. The van der Waals surface area contributed by atoms with Crippen LogP contribution < -0.4 is 41.9 Å². The monoisotopic (exact) mass is 924 g/mol. The van der Waals surface area contributed by atoms with Crippen molar-refractivity contribution in [1.29, 1.82) is 0 Å². The lowest BCUT2D eigenvalue weighted by Gasteiger charge is -2.13. The third kappa shape index (κ3) is 16.1. The van der Waals surface area contributed by atoms with Crippen molar-refractivity contribution in [1.82, 2.24) is 0 Å². The molecule has 0 bridgehead atoms. The van der Waals surface area contributed by atoms with Crippen LogP contribution in [0.2, 0.25) is 0 Å².